The molecule has 9 heteroatoms. The van der Waals surface area contributed by atoms with E-state index in [0.29, 0.717) is 18.0 Å². The maximum absolute atomic E-state index is 14.4. The van der Waals surface area contributed by atoms with E-state index in [9.17, 15) is 17.6 Å². The fraction of sp³-hybridized carbons (Fsp3) is 0.455. The van der Waals surface area contributed by atoms with Gasteiger partial charge in [0.05, 0.1) is 10.6 Å². The van der Waals surface area contributed by atoms with E-state index in [1.54, 1.807) is 0 Å². The average molecular weight is 472 g/mol. The average Bonchev–Trinajstić information content (AvgIpc) is 2.89. The second kappa shape index (κ2) is 8.05. The summed E-state index contributed by atoms with van der Waals surface area (Å²) in [4.78, 5) is 2.55. The van der Waals surface area contributed by atoms with Gasteiger partial charge in [-0.05, 0) is 48.4 Å². The monoisotopic (exact) mass is 471 g/mol. The molecule has 0 aliphatic carbocycles. The lowest BCUT2D eigenvalue weighted by Crippen LogP contribution is -2.44. The van der Waals surface area contributed by atoms with Crippen LogP contribution in [0.1, 0.15) is 34.6 Å². The molecule has 3 aliphatic rings. The van der Waals surface area contributed by atoms with Crippen molar-refractivity contribution in [2.45, 2.75) is 36.9 Å². The molecule has 166 valence electrons. The largest absolute Gasteiger partial charge is 0.416 e. The van der Waals surface area contributed by atoms with Gasteiger partial charge in [0.15, 0.2) is 0 Å². The molecule has 0 spiro atoms. The third-order valence-corrected chi connectivity index (χ3v) is 7.66. The van der Waals surface area contributed by atoms with Crippen molar-refractivity contribution < 1.29 is 17.6 Å². The van der Waals surface area contributed by atoms with E-state index >= 15 is 0 Å². The molecule has 2 atom stereocenters. The van der Waals surface area contributed by atoms with Crippen LogP contribution in [0.3, 0.4) is 0 Å². The molecule has 2 aromatic rings. The van der Waals surface area contributed by atoms with Gasteiger partial charge in [-0.25, -0.2) is 4.39 Å². The van der Waals surface area contributed by atoms with Crippen molar-refractivity contribution in [2.24, 2.45) is 0 Å². The van der Waals surface area contributed by atoms with E-state index in [1.807, 2.05) is 11.8 Å². The Balaban J connectivity index is 1.46. The first-order valence-electron chi connectivity index (χ1n) is 10.3. The molecule has 2 N–H and O–H groups in total. The number of anilines is 2. The Morgan fingerprint density at radius 3 is 2.87 bits per heavy atom. The molecule has 0 saturated carbocycles. The zero-order valence-corrected chi connectivity index (χ0v) is 18.2. The SMILES string of the molecule is Fc1c(Cl)cc(C(F)(F)F)cc1CNc1cc2c3c(c1)[C@@H]1CNCC[C@@H]1N3CCSC2. The van der Waals surface area contributed by atoms with Gasteiger partial charge in [-0.15, -0.1) is 0 Å². The van der Waals surface area contributed by atoms with Gasteiger partial charge in [-0.2, -0.15) is 24.9 Å². The Labute approximate surface area is 187 Å². The van der Waals surface area contributed by atoms with Gasteiger partial charge in [0.1, 0.15) is 5.82 Å². The van der Waals surface area contributed by atoms with Crippen LogP contribution < -0.4 is 15.5 Å². The summed E-state index contributed by atoms with van der Waals surface area (Å²) in [6.45, 7) is 2.89. The third-order valence-electron chi connectivity index (χ3n) is 6.40. The predicted molar refractivity (Wildman–Crippen MR) is 118 cm³/mol. The number of halogens is 5. The minimum Gasteiger partial charge on any atom is -0.381 e. The van der Waals surface area contributed by atoms with Crippen molar-refractivity contribution >= 4 is 34.7 Å². The lowest BCUT2D eigenvalue weighted by molar-refractivity contribution is -0.137. The molecule has 1 fully saturated rings. The van der Waals surface area contributed by atoms with Crippen LogP contribution in [0.25, 0.3) is 0 Å². The number of nitrogens with one attached hydrogen (secondary N) is 2. The fourth-order valence-corrected chi connectivity index (χ4v) is 6.17. The Bertz CT molecular complexity index is 1010. The van der Waals surface area contributed by atoms with Crippen LogP contribution in [0.2, 0.25) is 5.02 Å². The molecule has 3 aliphatic heterocycles. The van der Waals surface area contributed by atoms with E-state index in [2.05, 4.69) is 27.7 Å². The molecule has 0 radical (unpaired) electrons. The van der Waals surface area contributed by atoms with Crippen molar-refractivity contribution in [1.82, 2.24) is 5.32 Å². The summed E-state index contributed by atoms with van der Waals surface area (Å²) >= 11 is 7.62. The lowest BCUT2D eigenvalue weighted by Gasteiger charge is -2.33. The number of piperidine rings is 1. The molecule has 5 rings (SSSR count). The van der Waals surface area contributed by atoms with Crippen molar-refractivity contribution in [2.75, 3.05) is 35.6 Å². The van der Waals surface area contributed by atoms with Crippen LogP contribution in [0, 0.1) is 5.82 Å². The highest BCUT2D eigenvalue weighted by molar-refractivity contribution is 7.98. The Morgan fingerprint density at radius 1 is 1.23 bits per heavy atom. The lowest BCUT2D eigenvalue weighted by atomic mass is 9.89. The van der Waals surface area contributed by atoms with Crippen molar-refractivity contribution in [3.8, 4) is 0 Å². The Hall–Kier alpha value is -1.64. The fourth-order valence-electron chi connectivity index (χ4n) is 5.02. The molecule has 0 aromatic heterocycles. The molecule has 1 saturated heterocycles. The standard InChI is InChI=1S/C22H22ClF4N3S/c23-18-7-14(22(25,26)27)5-12(20(18)24)9-29-15-6-13-11-31-4-3-30-19-1-2-28-10-17(19)16(8-15)21(13)30/h5-8,17,19,28-29H,1-4,9-11H2/t17-,19-/m0/s1. The maximum Gasteiger partial charge on any atom is 0.416 e. The van der Waals surface area contributed by atoms with Gasteiger partial charge >= 0.3 is 6.18 Å². The molecule has 0 unspecified atom stereocenters. The first-order chi connectivity index (χ1) is 14.8. The first kappa shape index (κ1) is 21.2. The minimum absolute atomic E-state index is 0.0725. The third kappa shape index (κ3) is 3.87. The molecule has 3 heterocycles. The first-order valence-corrected chi connectivity index (χ1v) is 11.9. The van der Waals surface area contributed by atoms with Gasteiger partial charge in [0.2, 0.25) is 0 Å². The molecular weight excluding hydrogens is 450 g/mol. The van der Waals surface area contributed by atoms with Crippen LogP contribution >= 0.6 is 23.4 Å². The van der Waals surface area contributed by atoms with Crippen molar-refractivity contribution in [3.05, 3.63) is 57.4 Å². The summed E-state index contributed by atoms with van der Waals surface area (Å²) < 4.78 is 53.8. The van der Waals surface area contributed by atoms with Gasteiger partial charge < -0.3 is 15.5 Å². The van der Waals surface area contributed by atoms with Gasteiger partial charge in [0, 0.05) is 60.0 Å². The molecule has 3 nitrogen and oxygen atoms in total. The maximum atomic E-state index is 14.4. The number of rotatable bonds is 3. The van der Waals surface area contributed by atoms with Gasteiger partial charge in [-0.3, -0.25) is 0 Å². The molecule has 0 amide bonds. The van der Waals surface area contributed by atoms with Crippen LogP contribution in [0.4, 0.5) is 28.9 Å². The van der Waals surface area contributed by atoms with E-state index in [4.69, 9.17) is 11.6 Å². The molecular formula is C22H22ClF4N3S. The quantitative estimate of drug-likeness (QED) is 0.568. The number of hydrogen-bond acceptors (Lipinski definition) is 4. The zero-order chi connectivity index (χ0) is 21.8. The topological polar surface area (TPSA) is 27.3 Å². The van der Waals surface area contributed by atoms with Crippen LogP contribution in [-0.4, -0.2) is 31.4 Å². The summed E-state index contributed by atoms with van der Waals surface area (Å²) in [5.41, 5.74) is 3.60. The van der Waals surface area contributed by atoms with Gasteiger partial charge in [0.25, 0.3) is 0 Å². The highest BCUT2D eigenvalue weighted by Gasteiger charge is 2.41. The number of thioether (sulfide) groups is 1. The highest BCUT2D eigenvalue weighted by atomic mass is 35.5. The highest BCUT2D eigenvalue weighted by Crippen LogP contribution is 2.48. The molecule has 31 heavy (non-hydrogen) atoms. The van der Waals surface area contributed by atoms with Crippen molar-refractivity contribution in [3.63, 3.8) is 0 Å². The number of fused-ring (bicyclic) bond motifs is 3. The van der Waals surface area contributed by atoms with E-state index < -0.39 is 22.6 Å². The second-order valence-electron chi connectivity index (χ2n) is 8.27. The number of benzene rings is 2. The number of alkyl halides is 3. The second-order valence-corrected chi connectivity index (χ2v) is 9.78. The Kier molecular flexibility index (Phi) is 5.51. The summed E-state index contributed by atoms with van der Waals surface area (Å²) in [5.74, 6) is 1.54. The predicted octanol–water partition coefficient (Wildman–Crippen LogP) is 5.62. The minimum atomic E-state index is -4.58. The molecule has 0 bridgehead atoms. The summed E-state index contributed by atoms with van der Waals surface area (Å²) in [5, 5.41) is 6.12. The summed E-state index contributed by atoms with van der Waals surface area (Å²) in [7, 11) is 0. The normalized spacial score (nSPS) is 22.7. The summed E-state index contributed by atoms with van der Waals surface area (Å²) in [6, 6.07) is 6.10. The molecule has 2 aromatic carbocycles. The van der Waals surface area contributed by atoms with Crippen LogP contribution in [0.5, 0.6) is 0 Å². The zero-order valence-electron chi connectivity index (χ0n) is 16.7. The van der Waals surface area contributed by atoms with Crippen molar-refractivity contribution in [1.29, 1.82) is 0 Å². The smallest absolute Gasteiger partial charge is 0.381 e. The van der Waals surface area contributed by atoms with E-state index in [-0.39, 0.29) is 12.1 Å². The van der Waals surface area contributed by atoms with E-state index in [0.717, 1.165) is 49.3 Å². The van der Waals surface area contributed by atoms with Crippen LogP contribution in [-0.2, 0) is 18.5 Å². The number of hydrogen-bond donors (Lipinski definition) is 2. The summed E-state index contributed by atoms with van der Waals surface area (Å²) in [6.07, 6.45) is -3.48. The van der Waals surface area contributed by atoms with Crippen LogP contribution in [0.15, 0.2) is 24.3 Å². The van der Waals surface area contributed by atoms with Gasteiger partial charge in [-0.1, -0.05) is 11.6 Å². The van der Waals surface area contributed by atoms with E-state index in [1.165, 1.54) is 16.8 Å². The Morgan fingerprint density at radius 2 is 2.06 bits per heavy atom. The number of nitrogens with zero attached hydrogens (tertiary/aromatic N) is 1.